The lowest BCUT2D eigenvalue weighted by atomic mass is 10.1. The van der Waals surface area contributed by atoms with Crippen LogP contribution in [0.5, 0.6) is 0 Å². The zero-order valence-electron chi connectivity index (χ0n) is 11.3. The molecule has 106 valence electrons. The number of esters is 1. The number of benzene rings is 1. The highest BCUT2D eigenvalue weighted by atomic mass is 16.5. The molecule has 6 nitrogen and oxygen atoms in total. The molecule has 6 heteroatoms. The summed E-state index contributed by atoms with van der Waals surface area (Å²) in [6.45, 7) is 1.98. The highest BCUT2D eigenvalue weighted by molar-refractivity contribution is 5.84. The van der Waals surface area contributed by atoms with Gasteiger partial charge in [0.1, 0.15) is 0 Å². The Morgan fingerprint density at radius 1 is 1.40 bits per heavy atom. The summed E-state index contributed by atoms with van der Waals surface area (Å²) in [5.74, 6) is -0.432. The van der Waals surface area contributed by atoms with Gasteiger partial charge in [-0.3, -0.25) is 0 Å². The number of nitrogens with two attached hydrogens (primary N) is 1. The summed E-state index contributed by atoms with van der Waals surface area (Å²) >= 11 is 0. The van der Waals surface area contributed by atoms with Crippen molar-refractivity contribution in [1.82, 2.24) is 10.1 Å². The lowest BCUT2D eigenvalue weighted by Crippen LogP contribution is -2.13. The van der Waals surface area contributed by atoms with Crippen LogP contribution in [-0.4, -0.2) is 22.7 Å². The molecule has 1 heterocycles. The molecule has 2 aromatic rings. The molecular weight excluding hydrogens is 258 g/mol. The van der Waals surface area contributed by atoms with Crippen LogP contribution in [0.2, 0.25) is 0 Å². The average molecular weight is 275 g/mol. The molecule has 2 N–H and O–H groups in total. The van der Waals surface area contributed by atoms with Crippen molar-refractivity contribution in [3.05, 3.63) is 47.6 Å². The third-order valence-corrected chi connectivity index (χ3v) is 2.80. The van der Waals surface area contributed by atoms with Crippen LogP contribution in [0.15, 0.2) is 34.9 Å². The second-order valence-corrected chi connectivity index (χ2v) is 4.31. The lowest BCUT2D eigenvalue weighted by molar-refractivity contribution is 0.0508. The van der Waals surface area contributed by atoms with E-state index in [1.54, 1.807) is 6.92 Å². The van der Waals surface area contributed by atoms with Crippen LogP contribution in [-0.2, 0) is 11.2 Å². The van der Waals surface area contributed by atoms with Gasteiger partial charge in [0.05, 0.1) is 12.6 Å². The quantitative estimate of drug-likeness (QED) is 0.809. The maximum absolute atomic E-state index is 11.4. The number of carbonyl (C=O) groups excluding carboxylic acids is 1. The summed E-state index contributed by atoms with van der Waals surface area (Å²) in [5, 5.41) is 3.57. The number of hydrogen-bond acceptors (Lipinski definition) is 6. The monoisotopic (exact) mass is 275 g/mol. The molecule has 0 saturated carbocycles. The van der Waals surface area contributed by atoms with Crippen LogP contribution < -0.4 is 5.73 Å². The highest BCUT2D eigenvalue weighted by Crippen LogP contribution is 2.15. The lowest BCUT2D eigenvalue weighted by Gasteiger charge is -2.06. The Morgan fingerprint density at radius 2 is 2.15 bits per heavy atom. The first-order valence-electron chi connectivity index (χ1n) is 6.51. The Labute approximate surface area is 116 Å². The number of rotatable bonds is 6. The number of aryl methyl sites for hydroxylation is 1. The van der Waals surface area contributed by atoms with Crippen molar-refractivity contribution >= 4 is 5.97 Å². The molecule has 1 unspecified atom stereocenters. The molecular formula is C14H17N3O3. The number of aromatic nitrogens is 2. The average Bonchev–Trinajstić information content (AvgIpc) is 2.96. The van der Waals surface area contributed by atoms with E-state index in [1.165, 1.54) is 5.56 Å². The van der Waals surface area contributed by atoms with Crippen molar-refractivity contribution in [2.75, 3.05) is 6.61 Å². The molecule has 0 saturated heterocycles. The molecule has 0 radical (unpaired) electrons. The van der Waals surface area contributed by atoms with Gasteiger partial charge >= 0.3 is 5.97 Å². The van der Waals surface area contributed by atoms with E-state index in [1.807, 2.05) is 30.3 Å². The van der Waals surface area contributed by atoms with Crippen molar-refractivity contribution in [3.63, 3.8) is 0 Å². The Balaban J connectivity index is 1.92. The third kappa shape index (κ3) is 3.64. The topological polar surface area (TPSA) is 91.2 Å². The number of ether oxygens (including phenoxy) is 1. The maximum Gasteiger partial charge on any atom is 0.379 e. The fourth-order valence-electron chi connectivity index (χ4n) is 1.75. The molecule has 0 spiro atoms. The van der Waals surface area contributed by atoms with Gasteiger partial charge in [0, 0.05) is 0 Å². The molecule has 2 rings (SSSR count). The minimum atomic E-state index is -0.599. The van der Waals surface area contributed by atoms with Crippen LogP contribution in [0.3, 0.4) is 0 Å². The first-order valence-corrected chi connectivity index (χ1v) is 6.51. The number of nitrogens with zero attached hydrogens (tertiary/aromatic N) is 2. The summed E-state index contributed by atoms with van der Waals surface area (Å²) in [5.41, 5.74) is 7.17. The molecule has 1 aromatic carbocycles. The largest absolute Gasteiger partial charge is 0.460 e. The van der Waals surface area contributed by atoms with Crippen LogP contribution in [0, 0.1) is 0 Å². The van der Waals surface area contributed by atoms with E-state index in [0.717, 1.165) is 6.42 Å². The molecule has 0 fully saturated rings. The van der Waals surface area contributed by atoms with Gasteiger partial charge in [0.15, 0.2) is 0 Å². The van der Waals surface area contributed by atoms with Crippen molar-refractivity contribution in [1.29, 1.82) is 0 Å². The Kier molecular flexibility index (Phi) is 4.84. The highest BCUT2D eigenvalue weighted by Gasteiger charge is 2.19. The summed E-state index contributed by atoms with van der Waals surface area (Å²) in [7, 11) is 0. The normalized spacial score (nSPS) is 12.1. The minimum Gasteiger partial charge on any atom is -0.460 e. The van der Waals surface area contributed by atoms with Gasteiger partial charge < -0.3 is 15.0 Å². The van der Waals surface area contributed by atoms with Crippen molar-refractivity contribution in [2.45, 2.75) is 25.8 Å². The molecule has 0 aliphatic rings. The smallest absolute Gasteiger partial charge is 0.379 e. The van der Waals surface area contributed by atoms with Crippen molar-refractivity contribution < 1.29 is 14.1 Å². The maximum atomic E-state index is 11.4. The fraction of sp³-hybridized carbons (Fsp3) is 0.357. The molecule has 1 aromatic heterocycles. The van der Waals surface area contributed by atoms with E-state index in [-0.39, 0.29) is 18.3 Å². The second kappa shape index (κ2) is 6.81. The SMILES string of the molecule is CCOC(=O)c1noc(C(N)CCc2ccccc2)n1. The zero-order chi connectivity index (χ0) is 14.4. The standard InChI is InChI=1S/C14H17N3O3/c1-2-19-14(18)12-16-13(20-17-12)11(15)9-8-10-6-4-3-5-7-10/h3-7,11H,2,8-9,15H2,1H3. The first kappa shape index (κ1) is 14.2. The summed E-state index contributed by atoms with van der Waals surface area (Å²) in [4.78, 5) is 15.4. The predicted molar refractivity (Wildman–Crippen MR) is 71.9 cm³/mol. The van der Waals surface area contributed by atoms with Crippen LogP contribution >= 0.6 is 0 Å². The Hall–Kier alpha value is -2.21. The zero-order valence-corrected chi connectivity index (χ0v) is 11.3. The van der Waals surface area contributed by atoms with Crippen molar-refractivity contribution in [3.8, 4) is 0 Å². The van der Waals surface area contributed by atoms with Crippen molar-refractivity contribution in [2.24, 2.45) is 5.73 Å². The molecule has 0 amide bonds. The summed E-state index contributed by atoms with van der Waals surface area (Å²) in [6.07, 6.45) is 1.47. The van der Waals surface area contributed by atoms with Gasteiger partial charge in [-0.15, -0.1) is 0 Å². The van der Waals surface area contributed by atoms with Gasteiger partial charge in [-0.25, -0.2) is 4.79 Å². The second-order valence-electron chi connectivity index (χ2n) is 4.31. The van der Waals surface area contributed by atoms with Crippen LogP contribution in [0.1, 0.15) is 41.5 Å². The molecule has 0 bridgehead atoms. The molecule has 0 aliphatic carbocycles. The first-order chi connectivity index (χ1) is 9.70. The van der Waals surface area contributed by atoms with E-state index in [2.05, 4.69) is 10.1 Å². The fourth-order valence-corrected chi connectivity index (χ4v) is 1.75. The van der Waals surface area contributed by atoms with Crippen LogP contribution in [0.4, 0.5) is 0 Å². The van der Waals surface area contributed by atoms with Gasteiger partial charge in [-0.1, -0.05) is 30.3 Å². The Bertz CT molecular complexity index is 554. The van der Waals surface area contributed by atoms with E-state index >= 15 is 0 Å². The number of hydrogen-bond donors (Lipinski definition) is 1. The summed E-state index contributed by atoms with van der Waals surface area (Å²) < 4.78 is 9.78. The van der Waals surface area contributed by atoms with Gasteiger partial charge in [-0.05, 0) is 30.5 Å². The van der Waals surface area contributed by atoms with Gasteiger partial charge in [0.25, 0.3) is 5.82 Å². The van der Waals surface area contributed by atoms with Crippen LogP contribution in [0.25, 0.3) is 0 Å². The van der Waals surface area contributed by atoms with E-state index in [0.29, 0.717) is 6.42 Å². The minimum absolute atomic E-state index is 0.0861. The van der Waals surface area contributed by atoms with E-state index in [4.69, 9.17) is 15.0 Å². The Morgan fingerprint density at radius 3 is 2.85 bits per heavy atom. The molecule has 20 heavy (non-hydrogen) atoms. The van der Waals surface area contributed by atoms with E-state index in [9.17, 15) is 4.79 Å². The third-order valence-electron chi connectivity index (χ3n) is 2.80. The van der Waals surface area contributed by atoms with Gasteiger partial charge in [0.2, 0.25) is 5.89 Å². The summed E-state index contributed by atoms with van der Waals surface area (Å²) in [6, 6.07) is 9.59. The van der Waals surface area contributed by atoms with E-state index < -0.39 is 12.0 Å². The van der Waals surface area contributed by atoms with Gasteiger partial charge in [-0.2, -0.15) is 4.98 Å². The molecule has 0 aliphatic heterocycles. The molecule has 1 atom stereocenters. The number of carbonyl (C=O) groups is 1. The predicted octanol–water partition coefficient (Wildman–Crippen LogP) is 1.88.